The van der Waals surface area contributed by atoms with Crippen LogP contribution in [0.15, 0.2) is 24.3 Å². The van der Waals surface area contributed by atoms with E-state index in [0.29, 0.717) is 47.5 Å². The fourth-order valence-electron chi connectivity index (χ4n) is 7.24. The van der Waals surface area contributed by atoms with Gasteiger partial charge in [0.15, 0.2) is 9.84 Å². The largest absolute Gasteiger partial charge is 0.363 e. The molecule has 6 heterocycles. The summed E-state index contributed by atoms with van der Waals surface area (Å²) in [5, 5.41) is 13.8. The van der Waals surface area contributed by atoms with Crippen molar-refractivity contribution in [1.82, 2.24) is 19.8 Å². The number of rotatable bonds is 1. The van der Waals surface area contributed by atoms with Gasteiger partial charge < -0.3 is 15.1 Å². The van der Waals surface area contributed by atoms with E-state index in [1.807, 2.05) is 13.0 Å². The van der Waals surface area contributed by atoms with Gasteiger partial charge in [0.2, 0.25) is 0 Å². The van der Waals surface area contributed by atoms with E-state index < -0.39 is 27.3 Å². The van der Waals surface area contributed by atoms with Crippen LogP contribution in [0.4, 0.5) is 25.2 Å². The van der Waals surface area contributed by atoms with Gasteiger partial charge >= 0.3 is 6.03 Å². The number of alkyl halides is 2. The molecule has 8 bridgehead atoms. The van der Waals surface area contributed by atoms with Gasteiger partial charge in [0.1, 0.15) is 23.0 Å². The lowest BCUT2D eigenvalue weighted by Gasteiger charge is -2.46. The lowest BCUT2D eigenvalue weighted by Crippen LogP contribution is -2.60. The molecule has 46 heavy (non-hydrogen) atoms. The molecule has 2 saturated heterocycles. The first-order chi connectivity index (χ1) is 21.9. The number of amides is 2. The van der Waals surface area contributed by atoms with Crippen molar-refractivity contribution in [2.45, 2.75) is 89.3 Å². The molecule has 2 amide bonds. The molecule has 0 saturated carbocycles. The van der Waals surface area contributed by atoms with Crippen LogP contribution in [0.3, 0.4) is 0 Å². The monoisotopic (exact) mass is 655 g/mol. The Morgan fingerprint density at radius 1 is 1.04 bits per heavy atom. The summed E-state index contributed by atoms with van der Waals surface area (Å²) in [6.07, 6.45) is 3.97. The minimum Gasteiger partial charge on any atom is -0.363 e. The van der Waals surface area contributed by atoms with E-state index in [-0.39, 0.29) is 48.9 Å². The van der Waals surface area contributed by atoms with E-state index in [2.05, 4.69) is 16.3 Å². The molecule has 2 fully saturated rings. The van der Waals surface area contributed by atoms with Crippen LogP contribution in [0.1, 0.15) is 86.8 Å². The van der Waals surface area contributed by atoms with Crippen LogP contribution in [-0.4, -0.2) is 77.4 Å². The number of benzene rings is 1. The molecule has 1 atom stereocenters. The predicted octanol–water partition coefficient (Wildman–Crippen LogP) is 5.55. The summed E-state index contributed by atoms with van der Waals surface area (Å²) < 4.78 is 55.5. The van der Waals surface area contributed by atoms with E-state index in [1.165, 1.54) is 11.0 Å². The Kier molecular flexibility index (Phi) is 8.97. The molecular weight excluding hydrogens is 612 g/mol. The van der Waals surface area contributed by atoms with E-state index in [1.54, 1.807) is 24.0 Å². The number of carbonyl (C=O) groups excluding carboxylic acids is 1. The van der Waals surface area contributed by atoms with Crippen LogP contribution in [-0.2, 0) is 22.3 Å². The van der Waals surface area contributed by atoms with Crippen LogP contribution in [0.25, 0.3) is 0 Å². The van der Waals surface area contributed by atoms with Gasteiger partial charge in [-0.1, -0.05) is 31.0 Å². The Morgan fingerprint density at radius 3 is 2.48 bits per heavy atom. The van der Waals surface area contributed by atoms with Gasteiger partial charge in [-0.2, -0.15) is 5.26 Å². The number of aromatic nitrogens is 2. The van der Waals surface area contributed by atoms with Crippen molar-refractivity contribution in [2.24, 2.45) is 5.92 Å². The minimum absolute atomic E-state index is 0.00669. The van der Waals surface area contributed by atoms with Crippen LogP contribution < -0.4 is 10.2 Å². The molecule has 5 aliphatic heterocycles. The molecule has 1 aromatic heterocycles. The molecule has 248 valence electrons. The van der Waals surface area contributed by atoms with E-state index in [0.717, 1.165) is 45.3 Å². The summed E-state index contributed by atoms with van der Waals surface area (Å²) in [7, 11) is -3.29. The van der Waals surface area contributed by atoms with Crippen LogP contribution in [0.5, 0.6) is 0 Å². The van der Waals surface area contributed by atoms with Gasteiger partial charge in [0.25, 0.3) is 5.92 Å². The van der Waals surface area contributed by atoms with Crippen molar-refractivity contribution in [3.8, 4) is 6.07 Å². The number of nitrogens with zero attached hydrogens (tertiary/aromatic N) is 6. The van der Waals surface area contributed by atoms with Gasteiger partial charge in [-0.05, 0) is 70.0 Å². The number of urea groups is 1. The van der Waals surface area contributed by atoms with E-state index >= 15 is 8.78 Å². The third kappa shape index (κ3) is 6.56. The number of aryl methyl sites for hydroxylation is 1. The van der Waals surface area contributed by atoms with Crippen molar-refractivity contribution < 1.29 is 22.0 Å². The molecule has 0 spiro atoms. The number of nitrogens with one attached hydrogen (secondary N) is 1. The Balaban J connectivity index is 1.37. The third-order valence-corrected chi connectivity index (χ3v) is 11.8. The number of hydrogen-bond acceptors (Lipinski definition) is 8. The zero-order chi connectivity index (χ0) is 32.7. The van der Waals surface area contributed by atoms with Crippen LogP contribution in [0, 0.1) is 24.2 Å². The topological polar surface area (TPSA) is 123 Å². The summed E-state index contributed by atoms with van der Waals surface area (Å²) in [5.74, 6) is -1.60. The maximum Gasteiger partial charge on any atom is 0.327 e. The van der Waals surface area contributed by atoms with E-state index in [4.69, 9.17) is 9.97 Å². The summed E-state index contributed by atoms with van der Waals surface area (Å²) in [5.41, 5.74) is 0.00946. The van der Waals surface area contributed by atoms with Crippen molar-refractivity contribution in [1.29, 1.82) is 5.26 Å². The summed E-state index contributed by atoms with van der Waals surface area (Å²) >= 11 is 0. The summed E-state index contributed by atoms with van der Waals surface area (Å²) in [6, 6.07) is 8.07. The van der Waals surface area contributed by atoms with Gasteiger partial charge in [-0.25, -0.2) is 32.0 Å². The zero-order valence-electron chi connectivity index (χ0n) is 26.6. The molecular formula is C33H43F2N7O3S. The molecule has 13 heteroatoms. The maximum absolute atomic E-state index is 15.4. The molecule has 0 radical (unpaired) electrons. The molecule has 1 aromatic carbocycles. The summed E-state index contributed by atoms with van der Waals surface area (Å²) in [6.45, 7) is 6.70. The molecule has 1 N–H and O–H groups in total. The Bertz CT molecular complexity index is 1610. The Labute approximate surface area is 270 Å². The maximum atomic E-state index is 15.4. The molecule has 0 aliphatic carbocycles. The first-order valence-electron chi connectivity index (χ1n) is 16.5. The van der Waals surface area contributed by atoms with Gasteiger partial charge in [-0.15, -0.1) is 0 Å². The fourth-order valence-corrected chi connectivity index (χ4v) is 8.74. The van der Waals surface area contributed by atoms with E-state index in [9.17, 15) is 18.5 Å². The predicted molar refractivity (Wildman–Crippen MR) is 171 cm³/mol. The highest BCUT2D eigenvalue weighted by Crippen LogP contribution is 2.41. The first-order valence-corrected chi connectivity index (χ1v) is 18.3. The van der Waals surface area contributed by atoms with Crippen molar-refractivity contribution >= 4 is 27.5 Å². The number of anilines is 2. The average molecular weight is 656 g/mol. The van der Waals surface area contributed by atoms with Gasteiger partial charge in [0.05, 0.1) is 29.7 Å². The Morgan fingerprint density at radius 2 is 1.76 bits per heavy atom. The highest BCUT2D eigenvalue weighted by molar-refractivity contribution is 7.91. The number of sulfone groups is 1. The first kappa shape index (κ1) is 32.6. The number of fused-ring (bicyclic) bond motifs is 8. The SMILES string of the molecule is Cc1nc2c3c(n1)N(CCCCCCN1CC(CCC(F)(F)c4cccc(c4)[C@@H](C)N2)C1)C(=O)N(C1(C#N)CCS(=O)(=O)CC1)C3. The van der Waals surface area contributed by atoms with Gasteiger partial charge in [0, 0.05) is 37.7 Å². The second-order valence-electron chi connectivity index (χ2n) is 13.5. The lowest BCUT2D eigenvalue weighted by molar-refractivity contribution is -0.0291. The smallest absolute Gasteiger partial charge is 0.327 e. The molecule has 0 unspecified atom stereocenters. The van der Waals surface area contributed by atoms with Gasteiger partial charge in [-0.3, -0.25) is 4.90 Å². The van der Waals surface area contributed by atoms with Crippen molar-refractivity contribution in [3.05, 3.63) is 46.8 Å². The molecule has 10 nitrogen and oxygen atoms in total. The minimum atomic E-state index is -3.29. The molecule has 5 aliphatic rings. The molecule has 7 rings (SSSR count). The number of carbonyl (C=O) groups is 1. The molecule has 2 aromatic rings. The summed E-state index contributed by atoms with van der Waals surface area (Å²) in [4.78, 5) is 29.0. The number of hydrogen-bond donors (Lipinski definition) is 1. The van der Waals surface area contributed by atoms with Crippen LogP contribution in [0.2, 0.25) is 0 Å². The van der Waals surface area contributed by atoms with Crippen LogP contribution >= 0.6 is 0 Å². The second kappa shape index (κ2) is 12.7. The number of nitriles is 1. The zero-order valence-corrected chi connectivity index (χ0v) is 27.5. The normalized spacial score (nSPS) is 27.7. The third-order valence-electron chi connectivity index (χ3n) is 10.2. The highest BCUT2D eigenvalue weighted by atomic mass is 32.2. The Hall–Kier alpha value is -3.37. The quantitative estimate of drug-likeness (QED) is 0.425. The average Bonchev–Trinajstić information content (AvgIpc) is 3.00. The van der Waals surface area contributed by atoms with Crippen molar-refractivity contribution in [2.75, 3.05) is 47.9 Å². The standard InChI is InChI=1S/C33H43F2N7O3S/c1-23-26-8-7-9-27(18-26)33(34,35)11-10-25-19-40(20-25)14-5-3-4-6-15-41-30-28(29(37-23)38-24(2)39-30)21-42(31(41)43)32(22-36)12-16-46(44,45)17-13-32/h7-9,18,23,25H,3-6,10-17,19-21H2,1-2H3,(H,37,38,39)/t23-/m1/s1. The fraction of sp³-hybridized carbons (Fsp3) is 0.636. The highest BCUT2D eigenvalue weighted by Gasteiger charge is 2.49. The number of halogens is 2. The lowest BCUT2D eigenvalue weighted by atomic mass is 9.90. The van der Waals surface area contributed by atoms with Crippen molar-refractivity contribution in [3.63, 3.8) is 0 Å². The second-order valence-corrected chi connectivity index (χ2v) is 15.8.